The van der Waals surface area contributed by atoms with Gasteiger partial charge in [-0.05, 0) is 32.0 Å². The lowest BCUT2D eigenvalue weighted by Gasteiger charge is -2.12. The van der Waals surface area contributed by atoms with E-state index in [0.29, 0.717) is 28.3 Å². The molecule has 0 atom stereocenters. The fraction of sp³-hybridized carbons (Fsp3) is 0.143. The second-order valence-corrected chi connectivity index (χ2v) is 4.54. The van der Waals surface area contributed by atoms with Crippen molar-refractivity contribution in [2.75, 3.05) is 10.6 Å². The number of pyridine rings is 2. The first kappa shape index (κ1) is 15.4. The number of urea groups is 1. The Morgan fingerprint density at radius 2 is 1.77 bits per heavy atom. The molecule has 0 saturated heterocycles. The minimum atomic E-state index is -0.470. The molecule has 5 N–H and O–H groups in total. The monoisotopic (exact) mass is 300 g/mol. The minimum Gasteiger partial charge on any atom is -0.308 e. The van der Waals surface area contributed by atoms with Crippen LogP contribution in [0.1, 0.15) is 21.7 Å². The molecule has 0 unspecified atom stereocenters. The molecule has 0 aromatic carbocycles. The molecule has 2 aromatic heterocycles. The van der Waals surface area contributed by atoms with Crippen molar-refractivity contribution in [3.05, 3.63) is 47.5 Å². The van der Waals surface area contributed by atoms with Gasteiger partial charge in [0.25, 0.3) is 5.91 Å². The number of nitrogen functional groups attached to an aromatic ring is 1. The highest BCUT2D eigenvalue weighted by Crippen LogP contribution is 2.18. The van der Waals surface area contributed by atoms with E-state index in [-0.39, 0.29) is 0 Å². The highest BCUT2D eigenvalue weighted by atomic mass is 16.2. The zero-order valence-electron chi connectivity index (χ0n) is 12.2. The van der Waals surface area contributed by atoms with Gasteiger partial charge in [-0.1, -0.05) is 0 Å². The Kier molecular flexibility index (Phi) is 4.64. The number of carbonyl (C=O) groups excluding carboxylic acids is 2. The van der Waals surface area contributed by atoms with E-state index < -0.39 is 11.9 Å². The highest BCUT2D eigenvalue weighted by Gasteiger charge is 2.14. The number of aromatic nitrogens is 2. The third-order valence-corrected chi connectivity index (χ3v) is 2.97. The van der Waals surface area contributed by atoms with Gasteiger partial charge in [0, 0.05) is 18.1 Å². The van der Waals surface area contributed by atoms with E-state index in [1.54, 1.807) is 38.4 Å². The third-order valence-electron chi connectivity index (χ3n) is 2.97. The van der Waals surface area contributed by atoms with Crippen molar-refractivity contribution in [3.63, 3.8) is 0 Å². The van der Waals surface area contributed by atoms with Gasteiger partial charge in [0.2, 0.25) is 0 Å². The average molecular weight is 300 g/mol. The highest BCUT2D eigenvalue weighted by molar-refractivity contribution is 6.01. The number of carbonyl (C=O) groups is 2. The maximum atomic E-state index is 12.0. The van der Waals surface area contributed by atoms with Crippen molar-refractivity contribution in [1.82, 2.24) is 15.4 Å². The van der Waals surface area contributed by atoms with Gasteiger partial charge < -0.3 is 10.6 Å². The van der Waals surface area contributed by atoms with E-state index in [1.807, 2.05) is 5.43 Å². The quantitative estimate of drug-likeness (QED) is 0.387. The number of aryl methyl sites for hydroxylation is 2. The number of rotatable bonds is 3. The Balaban J connectivity index is 2.18. The first-order valence-electron chi connectivity index (χ1n) is 6.48. The smallest absolute Gasteiger partial charge is 0.308 e. The first-order chi connectivity index (χ1) is 10.5. The molecular formula is C14H16N6O2. The number of nitrogens with one attached hydrogen (secondary N) is 3. The molecule has 8 nitrogen and oxygen atoms in total. The largest absolute Gasteiger partial charge is 0.323 e. The number of nitrogens with two attached hydrogens (primary N) is 1. The summed E-state index contributed by atoms with van der Waals surface area (Å²) in [6.07, 6.45) is 3.13. The SMILES string of the molecule is Cc1nc(C)c(C(=O)NN)cc1NC(=O)Nc1ccncc1. The van der Waals surface area contributed by atoms with Crippen molar-refractivity contribution in [2.24, 2.45) is 5.84 Å². The van der Waals surface area contributed by atoms with Crippen molar-refractivity contribution >= 4 is 23.3 Å². The van der Waals surface area contributed by atoms with Gasteiger partial charge in [-0.2, -0.15) is 0 Å². The lowest BCUT2D eigenvalue weighted by molar-refractivity contribution is 0.0952. The van der Waals surface area contributed by atoms with Crippen LogP contribution in [0.15, 0.2) is 30.6 Å². The molecule has 114 valence electrons. The molecule has 8 heteroatoms. The summed E-state index contributed by atoms with van der Waals surface area (Å²) in [5.41, 5.74) is 4.50. The van der Waals surface area contributed by atoms with Crippen LogP contribution in [0.2, 0.25) is 0 Å². The molecule has 0 fully saturated rings. The van der Waals surface area contributed by atoms with Crippen LogP contribution in [-0.2, 0) is 0 Å². The van der Waals surface area contributed by atoms with Gasteiger partial charge in [0.15, 0.2) is 0 Å². The maximum Gasteiger partial charge on any atom is 0.323 e. The van der Waals surface area contributed by atoms with E-state index in [1.165, 1.54) is 6.07 Å². The molecule has 2 heterocycles. The van der Waals surface area contributed by atoms with Crippen LogP contribution in [0.5, 0.6) is 0 Å². The zero-order chi connectivity index (χ0) is 16.1. The summed E-state index contributed by atoms with van der Waals surface area (Å²) in [6, 6.07) is 4.41. The fourth-order valence-electron chi connectivity index (χ4n) is 1.88. The molecule has 0 aliphatic heterocycles. The number of hydrazine groups is 1. The number of anilines is 2. The molecule has 2 aromatic rings. The molecule has 2 rings (SSSR count). The van der Waals surface area contributed by atoms with Crippen LogP contribution < -0.4 is 21.9 Å². The maximum absolute atomic E-state index is 12.0. The Bertz CT molecular complexity index is 702. The van der Waals surface area contributed by atoms with Gasteiger partial charge >= 0.3 is 6.03 Å². The van der Waals surface area contributed by atoms with E-state index in [2.05, 4.69) is 20.6 Å². The number of hydrogen-bond acceptors (Lipinski definition) is 5. The van der Waals surface area contributed by atoms with Gasteiger partial charge in [-0.15, -0.1) is 0 Å². The van der Waals surface area contributed by atoms with E-state index in [9.17, 15) is 9.59 Å². The lowest BCUT2D eigenvalue weighted by atomic mass is 10.1. The molecule has 0 bridgehead atoms. The molecule has 0 aliphatic carbocycles. The summed E-state index contributed by atoms with van der Waals surface area (Å²) in [6.45, 7) is 3.43. The van der Waals surface area contributed by atoms with Crippen molar-refractivity contribution < 1.29 is 9.59 Å². The summed E-state index contributed by atoms with van der Waals surface area (Å²) in [7, 11) is 0. The summed E-state index contributed by atoms with van der Waals surface area (Å²) in [4.78, 5) is 31.7. The molecule has 0 saturated carbocycles. The summed E-state index contributed by atoms with van der Waals surface area (Å²) < 4.78 is 0. The van der Waals surface area contributed by atoms with Crippen molar-refractivity contribution in [2.45, 2.75) is 13.8 Å². The summed E-state index contributed by atoms with van der Waals surface area (Å²) in [5.74, 6) is 4.66. The van der Waals surface area contributed by atoms with Crippen LogP contribution in [0.25, 0.3) is 0 Å². The lowest BCUT2D eigenvalue weighted by Crippen LogP contribution is -2.31. The summed E-state index contributed by atoms with van der Waals surface area (Å²) in [5, 5.41) is 5.30. The van der Waals surface area contributed by atoms with E-state index in [4.69, 9.17) is 5.84 Å². The third kappa shape index (κ3) is 3.55. The summed E-state index contributed by atoms with van der Waals surface area (Å²) >= 11 is 0. The Morgan fingerprint density at radius 3 is 2.41 bits per heavy atom. The second kappa shape index (κ2) is 6.64. The standard InChI is InChI=1S/C14H16N6O2/c1-8-11(13(21)20-15)7-12(9(2)17-8)19-14(22)18-10-3-5-16-6-4-10/h3-7H,15H2,1-2H3,(H,20,21)(H2,16,18,19,22). The fourth-order valence-corrected chi connectivity index (χ4v) is 1.88. The first-order valence-corrected chi connectivity index (χ1v) is 6.48. The Labute approximate surface area is 127 Å². The van der Waals surface area contributed by atoms with Gasteiger partial charge in [-0.3, -0.25) is 20.2 Å². The van der Waals surface area contributed by atoms with Crippen LogP contribution in [0.4, 0.5) is 16.2 Å². The predicted molar refractivity (Wildman–Crippen MR) is 82.2 cm³/mol. The number of nitrogens with zero attached hydrogens (tertiary/aromatic N) is 2. The minimum absolute atomic E-state index is 0.298. The Hall–Kier alpha value is -3.00. The zero-order valence-corrected chi connectivity index (χ0v) is 12.2. The normalized spacial score (nSPS) is 9.95. The van der Waals surface area contributed by atoms with Gasteiger partial charge in [0.1, 0.15) is 0 Å². The molecular weight excluding hydrogens is 284 g/mol. The second-order valence-electron chi connectivity index (χ2n) is 4.54. The van der Waals surface area contributed by atoms with Crippen LogP contribution in [0.3, 0.4) is 0 Å². The molecule has 0 aliphatic rings. The van der Waals surface area contributed by atoms with E-state index in [0.717, 1.165) is 0 Å². The van der Waals surface area contributed by atoms with E-state index >= 15 is 0 Å². The van der Waals surface area contributed by atoms with Crippen LogP contribution in [-0.4, -0.2) is 21.9 Å². The van der Waals surface area contributed by atoms with Crippen molar-refractivity contribution in [3.8, 4) is 0 Å². The Morgan fingerprint density at radius 1 is 1.09 bits per heavy atom. The molecule has 22 heavy (non-hydrogen) atoms. The van der Waals surface area contributed by atoms with Crippen molar-refractivity contribution in [1.29, 1.82) is 0 Å². The topological polar surface area (TPSA) is 122 Å². The average Bonchev–Trinajstić information content (AvgIpc) is 2.50. The molecule has 0 radical (unpaired) electrons. The van der Waals surface area contributed by atoms with Gasteiger partial charge in [0.05, 0.1) is 22.6 Å². The number of hydrogen-bond donors (Lipinski definition) is 4. The van der Waals surface area contributed by atoms with Gasteiger partial charge in [-0.25, -0.2) is 10.6 Å². The number of amides is 3. The molecule has 0 spiro atoms. The van der Waals surface area contributed by atoms with Crippen LogP contribution in [0, 0.1) is 13.8 Å². The molecule has 3 amide bonds. The predicted octanol–water partition coefficient (Wildman–Crippen LogP) is 1.34. The van der Waals surface area contributed by atoms with Crippen LogP contribution >= 0.6 is 0 Å².